The maximum Gasteiger partial charge on any atom is 0.496 e. The molecule has 1 aliphatic heterocycles. The van der Waals surface area contributed by atoms with E-state index in [-0.39, 0.29) is 7.05 Å². The Morgan fingerprint density at radius 3 is 2.71 bits per heavy atom. The number of benzene rings is 1. The van der Waals surface area contributed by atoms with Crippen molar-refractivity contribution in [2.45, 2.75) is 0 Å². The molecular weight excluding hydrogens is 213 g/mol. The van der Waals surface area contributed by atoms with Gasteiger partial charge in [0.15, 0.2) is 0 Å². The second kappa shape index (κ2) is 4.39. The molecule has 1 aromatic carbocycles. The second-order valence-electron chi connectivity index (χ2n) is 3.70. The summed E-state index contributed by atoms with van der Waals surface area (Å²) in [5.74, 6) is 0.715. The Labute approximate surface area is 99.5 Å². The van der Waals surface area contributed by atoms with Crippen molar-refractivity contribution in [1.82, 2.24) is 10.5 Å². The van der Waals surface area contributed by atoms with Crippen LogP contribution >= 0.6 is 0 Å². The number of amidine groups is 1. The van der Waals surface area contributed by atoms with Gasteiger partial charge < -0.3 is 0 Å². The van der Waals surface area contributed by atoms with Crippen LogP contribution in [0.25, 0.3) is 0 Å². The number of pyridine rings is 1. The van der Waals surface area contributed by atoms with Gasteiger partial charge in [-0.3, -0.25) is 20.1 Å². The van der Waals surface area contributed by atoms with Crippen LogP contribution in [0.3, 0.4) is 0 Å². The molecule has 82 valence electrons. The van der Waals surface area contributed by atoms with Crippen molar-refractivity contribution < 1.29 is 4.76 Å². The van der Waals surface area contributed by atoms with Gasteiger partial charge in [0, 0.05) is 18.0 Å². The third kappa shape index (κ3) is 2.05. The third-order valence-corrected chi connectivity index (χ3v) is 2.53. The lowest BCUT2D eigenvalue weighted by Gasteiger charge is -2.01. The van der Waals surface area contributed by atoms with Crippen molar-refractivity contribution in [3.05, 3.63) is 60.4 Å². The van der Waals surface area contributed by atoms with Gasteiger partial charge in [0.2, 0.25) is 0 Å². The first-order valence-electron chi connectivity index (χ1n) is 5.38. The highest BCUT2D eigenvalue weighted by Crippen LogP contribution is 2.04. The Morgan fingerprint density at radius 1 is 1.06 bits per heavy atom. The zero-order valence-corrected chi connectivity index (χ0v) is 9.08. The van der Waals surface area contributed by atoms with Gasteiger partial charge >= 0.3 is 7.05 Å². The van der Waals surface area contributed by atoms with E-state index >= 15 is 0 Å². The average Bonchev–Trinajstić information content (AvgIpc) is 2.90. The summed E-state index contributed by atoms with van der Waals surface area (Å²) >= 11 is 0. The lowest BCUT2D eigenvalue weighted by Crippen LogP contribution is -2.31. The molecule has 0 saturated carbocycles. The molecule has 0 atom stereocenters. The fourth-order valence-electron chi connectivity index (χ4n) is 1.68. The third-order valence-electron chi connectivity index (χ3n) is 2.53. The number of nitrogens with zero attached hydrogens (tertiary/aromatic N) is 2. The van der Waals surface area contributed by atoms with E-state index in [1.54, 1.807) is 12.4 Å². The Kier molecular flexibility index (Phi) is 2.59. The number of aromatic nitrogens is 1. The zero-order valence-electron chi connectivity index (χ0n) is 9.08. The summed E-state index contributed by atoms with van der Waals surface area (Å²) in [6, 6.07) is 13.7. The Balaban J connectivity index is 1.87. The van der Waals surface area contributed by atoms with Gasteiger partial charge in [-0.15, -0.1) is 0 Å². The van der Waals surface area contributed by atoms with Gasteiger partial charge in [0.05, 0.1) is 0 Å². The zero-order chi connectivity index (χ0) is 11.5. The molecule has 5 heteroatoms. The Bertz CT molecular complexity index is 530. The average molecular weight is 223 g/mol. The number of hydrogen-bond donors (Lipinski definition) is 1. The Morgan fingerprint density at radius 2 is 1.94 bits per heavy atom. The van der Waals surface area contributed by atoms with Gasteiger partial charge in [-0.2, -0.15) is 0 Å². The molecule has 0 amide bonds. The van der Waals surface area contributed by atoms with Gasteiger partial charge in [0.1, 0.15) is 5.84 Å². The smallest absolute Gasteiger partial charge is 0.300 e. The van der Waals surface area contributed by atoms with E-state index < -0.39 is 0 Å². The first kappa shape index (κ1) is 10.0. The molecule has 1 aromatic heterocycles. The molecule has 4 nitrogen and oxygen atoms in total. The maximum atomic E-state index is 5.42. The van der Waals surface area contributed by atoms with E-state index in [0.717, 1.165) is 11.0 Å². The summed E-state index contributed by atoms with van der Waals surface area (Å²) in [6.07, 6.45) is 3.48. The molecule has 2 aromatic rings. The monoisotopic (exact) mass is 223 g/mol. The van der Waals surface area contributed by atoms with Crippen LogP contribution in [0.15, 0.2) is 59.8 Å². The highest BCUT2D eigenvalue weighted by atomic mass is 16.6. The standard InChI is InChI=1S/C12H10BN3O/c1-2-6-11(7-3-1)13-15-12(16-17-13)10-5-4-8-14-9-10/h1-9H,(H,15,16). The van der Waals surface area contributed by atoms with Crippen LogP contribution in [-0.2, 0) is 4.76 Å². The predicted octanol–water partition coefficient (Wildman–Crippen LogP) is 0.758. The quantitative estimate of drug-likeness (QED) is 0.764. The van der Waals surface area contributed by atoms with Gasteiger partial charge in [-0.05, 0) is 17.6 Å². The normalized spacial score (nSPS) is 14.4. The molecule has 0 aliphatic carbocycles. The molecule has 0 bridgehead atoms. The van der Waals surface area contributed by atoms with Crippen LogP contribution in [0.4, 0.5) is 0 Å². The fraction of sp³-hybridized carbons (Fsp3) is 0. The molecule has 0 unspecified atom stereocenters. The topological polar surface area (TPSA) is 46.5 Å². The first-order valence-corrected chi connectivity index (χ1v) is 5.38. The van der Waals surface area contributed by atoms with Crippen molar-refractivity contribution >= 4 is 18.3 Å². The summed E-state index contributed by atoms with van der Waals surface area (Å²) in [4.78, 5) is 8.52. The van der Waals surface area contributed by atoms with Crippen LogP contribution in [0.2, 0.25) is 0 Å². The van der Waals surface area contributed by atoms with Crippen molar-refractivity contribution in [2.24, 2.45) is 4.90 Å². The van der Waals surface area contributed by atoms with Crippen LogP contribution in [0.1, 0.15) is 5.56 Å². The highest BCUT2D eigenvalue weighted by molar-refractivity contribution is 6.68. The first-order chi connectivity index (χ1) is 8.43. The molecule has 0 fully saturated rings. The SMILES string of the molecule is c1ccc(B2N=C(c3cccnc3)NO2)cc1. The predicted molar refractivity (Wildman–Crippen MR) is 66.8 cm³/mol. The number of hydroxylamine groups is 1. The largest absolute Gasteiger partial charge is 0.496 e. The van der Waals surface area contributed by atoms with Gasteiger partial charge in [-0.25, -0.2) is 0 Å². The molecule has 0 saturated heterocycles. The number of nitrogens with one attached hydrogen (secondary N) is 1. The summed E-state index contributed by atoms with van der Waals surface area (Å²) in [7, 11) is -0.286. The molecule has 0 radical (unpaired) electrons. The van der Waals surface area contributed by atoms with Crippen molar-refractivity contribution in [2.75, 3.05) is 0 Å². The highest BCUT2D eigenvalue weighted by Gasteiger charge is 2.26. The molecule has 1 N–H and O–H groups in total. The molecule has 17 heavy (non-hydrogen) atoms. The van der Waals surface area contributed by atoms with E-state index in [9.17, 15) is 0 Å². The summed E-state index contributed by atoms with van der Waals surface area (Å²) in [5, 5.41) is 0. The lowest BCUT2D eigenvalue weighted by atomic mass is 9.75. The molecular formula is C12H10BN3O. The second-order valence-corrected chi connectivity index (χ2v) is 3.70. The molecule has 0 spiro atoms. The van der Waals surface area contributed by atoms with Crippen molar-refractivity contribution in [1.29, 1.82) is 0 Å². The van der Waals surface area contributed by atoms with E-state index in [1.807, 2.05) is 42.5 Å². The van der Waals surface area contributed by atoms with Gasteiger partial charge in [0.25, 0.3) is 0 Å². The van der Waals surface area contributed by atoms with Gasteiger partial charge in [-0.1, -0.05) is 30.3 Å². The van der Waals surface area contributed by atoms with Crippen molar-refractivity contribution in [3.8, 4) is 0 Å². The summed E-state index contributed by atoms with van der Waals surface area (Å²) in [6.45, 7) is 0. The van der Waals surface area contributed by atoms with E-state index in [2.05, 4.69) is 15.4 Å². The fourth-order valence-corrected chi connectivity index (χ4v) is 1.68. The molecule has 3 rings (SSSR count). The van der Waals surface area contributed by atoms with Crippen molar-refractivity contribution in [3.63, 3.8) is 0 Å². The van der Waals surface area contributed by atoms with Crippen LogP contribution in [-0.4, -0.2) is 17.9 Å². The van der Waals surface area contributed by atoms with E-state index in [1.165, 1.54) is 0 Å². The minimum Gasteiger partial charge on any atom is -0.300 e. The summed E-state index contributed by atoms with van der Waals surface area (Å²) in [5.41, 5.74) is 4.78. The Hall–Kier alpha value is -2.14. The minimum atomic E-state index is -0.286. The van der Waals surface area contributed by atoms with E-state index in [0.29, 0.717) is 5.84 Å². The molecule has 2 heterocycles. The van der Waals surface area contributed by atoms with Crippen LogP contribution in [0.5, 0.6) is 0 Å². The number of hydrogen-bond acceptors (Lipinski definition) is 4. The molecule has 1 aliphatic rings. The minimum absolute atomic E-state index is 0.286. The lowest BCUT2D eigenvalue weighted by molar-refractivity contribution is 0.284. The van der Waals surface area contributed by atoms with Crippen LogP contribution < -0.4 is 10.9 Å². The number of rotatable bonds is 2. The maximum absolute atomic E-state index is 5.42. The van der Waals surface area contributed by atoms with E-state index in [4.69, 9.17) is 4.76 Å². The van der Waals surface area contributed by atoms with Crippen LogP contribution in [0, 0.1) is 0 Å². The summed E-state index contributed by atoms with van der Waals surface area (Å²) < 4.78 is 5.42.